The molecule has 1 saturated carbocycles. The van der Waals surface area contributed by atoms with Crippen molar-refractivity contribution in [3.05, 3.63) is 94.4 Å². The summed E-state index contributed by atoms with van der Waals surface area (Å²) in [5, 5.41) is 10.1. The highest BCUT2D eigenvalue weighted by atomic mass is 32.2. The number of nitrogens with zero attached hydrogens (tertiary/aromatic N) is 3. The first kappa shape index (κ1) is 27.5. The maximum atomic E-state index is 13.8. The summed E-state index contributed by atoms with van der Waals surface area (Å²) in [5.41, 5.74) is 3.09. The predicted molar refractivity (Wildman–Crippen MR) is 160 cm³/mol. The molecule has 2 aliphatic rings. The van der Waals surface area contributed by atoms with Crippen molar-refractivity contribution >= 4 is 34.6 Å². The highest BCUT2D eigenvalue weighted by Gasteiger charge is 2.41. The Balaban J connectivity index is 1.43. The number of hydrogen-bond donors (Lipinski definition) is 0. The number of carbonyl (C=O) groups is 1. The zero-order valence-corrected chi connectivity index (χ0v) is 23.7. The first-order valence-electron chi connectivity index (χ1n) is 13.8. The van der Waals surface area contributed by atoms with E-state index in [-0.39, 0.29) is 18.6 Å². The van der Waals surface area contributed by atoms with Gasteiger partial charge in [0.05, 0.1) is 28.8 Å². The smallest absolute Gasteiger partial charge is 0.267 e. The Hall–Kier alpha value is -4.02. The second-order valence-corrected chi connectivity index (χ2v) is 11.1. The molecule has 1 heterocycles. The van der Waals surface area contributed by atoms with Gasteiger partial charge in [-0.1, -0.05) is 62.2 Å². The molecule has 204 valence electrons. The standard InChI is InChI=1S/C33H33N3O3S/c1-3-38-30-19-24(17-18-29(30)39-22-26-13-9-8-12-25(26)21-34)20-31-32(37)36(28-16-10-7-11-23(28)2)33(40-31)35-27-14-5-4-6-15-27/h4-6,8-9,12-15,17-20,23,28H,3,7,10-11,16,22H2,1-2H3/b31-20-,35-33?/t23-,28-/m1/s1. The van der Waals surface area contributed by atoms with E-state index >= 15 is 0 Å². The maximum absolute atomic E-state index is 13.8. The molecule has 0 bridgehead atoms. The van der Waals surface area contributed by atoms with Crippen LogP contribution < -0.4 is 9.47 Å². The van der Waals surface area contributed by atoms with Crippen LogP contribution in [0.4, 0.5) is 5.69 Å². The molecule has 0 spiro atoms. The van der Waals surface area contributed by atoms with Crippen molar-refractivity contribution in [3.8, 4) is 17.6 Å². The lowest BCUT2D eigenvalue weighted by molar-refractivity contribution is -0.124. The Morgan fingerprint density at radius 1 is 1.02 bits per heavy atom. The largest absolute Gasteiger partial charge is 0.490 e. The molecule has 0 N–H and O–H groups in total. The highest BCUT2D eigenvalue weighted by Crippen LogP contribution is 2.40. The minimum Gasteiger partial charge on any atom is -0.490 e. The van der Waals surface area contributed by atoms with Crippen LogP contribution in [-0.4, -0.2) is 28.6 Å². The number of benzene rings is 3. The summed E-state index contributed by atoms with van der Waals surface area (Å²) in [5.74, 6) is 1.61. The molecule has 0 unspecified atom stereocenters. The molecule has 1 saturated heterocycles. The van der Waals surface area contributed by atoms with E-state index in [9.17, 15) is 10.1 Å². The number of carbonyl (C=O) groups excluding carboxylic acids is 1. The second kappa shape index (κ2) is 12.9. The number of rotatable bonds is 8. The van der Waals surface area contributed by atoms with Gasteiger partial charge in [-0.25, -0.2) is 4.99 Å². The Kier molecular flexibility index (Phi) is 8.87. The molecule has 0 aromatic heterocycles. The fraction of sp³-hybridized carbons (Fsp3) is 0.303. The molecule has 2 atom stereocenters. The molecule has 3 aromatic rings. The molecule has 1 amide bonds. The molecule has 40 heavy (non-hydrogen) atoms. The zero-order chi connectivity index (χ0) is 27.9. The summed E-state index contributed by atoms with van der Waals surface area (Å²) >= 11 is 1.43. The van der Waals surface area contributed by atoms with Crippen LogP contribution in [0.3, 0.4) is 0 Å². The monoisotopic (exact) mass is 551 g/mol. The molecule has 5 rings (SSSR count). The summed E-state index contributed by atoms with van der Waals surface area (Å²) in [4.78, 5) is 21.3. The minimum absolute atomic E-state index is 0.00447. The van der Waals surface area contributed by atoms with Gasteiger partial charge in [-0.3, -0.25) is 9.69 Å². The van der Waals surface area contributed by atoms with Gasteiger partial charge >= 0.3 is 0 Å². The number of amidine groups is 1. The number of amides is 1. The van der Waals surface area contributed by atoms with E-state index in [1.165, 1.54) is 18.2 Å². The Labute approximate surface area is 240 Å². The van der Waals surface area contributed by atoms with Gasteiger partial charge < -0.3 is 9.47 Å². The molecule has 2 fully saturated rings. The second-order valence-electron chi connectivity index (χ2n) is 10.0. The van der Waals surface area contributed by atoms with E-state index in [4.69, 9.17) is 14.5 Å². The molecular weight excluding hydrogens is 518 g/mol. The molecular formula is C33H33N3O3S. The van der Waals surface area contributed by atoms with Crippen molar-refractivity contribution in [3.63, 3.8) is 0 Å². The summed E-state index contributed by atoms with van der Waals surface area (Å²) < 4.78 is 12.0. The average molecular weight is 552 g/mol. The lowest BCUT2D eigenvalue weighted by atomic mass is 9.85. The Morgan fingerprint density at radius 2 is 1.80 bits per heavy atom. The maximum Gasteiger partial charge on any atom is 0.267 e. The SMILES string of the molecule is CCOc1cc(/C=C2\SC(=Nc3ccccc3)N([C@@H]3CCCC[C@H]3C)C2=O)ccc1OCc1ccccc1C#N. The van der Waals surface area contributed by atoms with E-state index in [1.807, 2.05) is 84.6 Å². The normalized spacial score (nSPS) is 21.0. The van der Waals surface area contributed by atoms with E-state index in [0.29, 0.717) is 34.5 Å². The van der Waals surface area contributed by atoms with Gasteiger partial charge in [-0.15, -0.1) is 0 Å². The lowest BCUT2D eigenvalue weighted by Crippen LogP contribution is -2.44. The van der Waals surface area contributed by atoms with Crippen molar-refractivity contribution in [2.45, 2.75) is 52.2 Å². The van der Waals surface area contributed by atoms with Crippen LogP contribution in [0.2, 0.25) is 0 Å². The van der Waals surface area contributed by atoms with Gasteiger partial charge in [-0.05, 0) is 79.4 Å². The summed E-state index contributed by atoms with van der Waals surface area (Å²) in [6.07, 6.45) is 6.35. The third-order valence-electron chi connectivity index (χ3n) is 7.30. The van der Waals surface area contributed by atoms with E-state index < -0.39 is 0 Å². The number of ether oxygens (including phenoxy) is 2. The lowest BCUT2D eigenvalue weighted by Gasteiger charge is -2.35. The van der Waals surface area contributed by atoms with Gasteiger partial charge in [0.15, 0.2) is 16.7 Å². The number of thioether (sulfide) groups is 1. The van der Waals surface area contributed by atoms with Crippen molar-refractivity contribution in [2.75, 3.05) is 6.61 Å². The fourth-order valence-corrected chi connectivity index (χ4v) is 6.26. The Morgan fingerprint density at radius 3 is 2.58 bits per heavy atom. The summed E-state index contributed by atoms with van der Waals surface area (Å²) in [6, 6.07) is 25.2. The third-order valence-corrected chi connectivity index (χ3v) is 8.29. The fourth-order valence-electron chi connectivity index (χ4n) is 5.21. The van der Waals surface area contributed by atoms with Gasteiger partial charge in [0, 0.05) is 11.6 Å². The Bertz CT molecular complexity index is 1460. The zero-order valence-electron chi connectivity index (χ0n) is 22.9. The van der Waals surface area contributed by atoms with Crippen LogP contribution in [-0.2, 0) is 11.4 Å². The van der Waals surface area contributed by atoms with Crippen LogP contribution in [0, 0.1) is 17.2 Å². The van der Waals surface area contributed by atoms with E-state index in [1.54, 1.807) is 6.07 Å². The van der Waals surface area contributed by atoms with Crippen LogP contribution in [0.1, 0.15) is 56.2 Å². The van der Waals surface area contributed by atoms with Gasteiger partial charge in [0.25, 0.3) is 5.91 Å². The predicted octanol–water partition coefficient (Wildman–Crippen LogP) is 7.72. The number of hydrogen-bond acceptors (Lipinski definition) is 6. The van der Waals surface area contributed by atoms with E-state index in [0.717, 1.165) is 41.2 Å². The third kappa shape index (κ3) is 6.24. The van der Waals surface area contributed by atoms with Gasteiger partial charge in [0.2, 0.25) is 0 Å². The van der Waals surface area contributed by atoms with Crippen molar-refractivity contribution in [1.82, 2.24) is 4.90 Å². The van der Waals surface area contributed by atoms with E-state index in [2.05, 4.69) is 13.0 Å². The average Bonchev–Trinajstić information content (AvgIpc) is 3.27. The molecule has 6 nitrogen and oxygen atoms in total. The van der Waals surface area contributed by atoms with Crippen molar-refractivity contribution in [2.24, 2.45) is 10.9 Å². The summed E-state index contributed by atoms with van der Waals surface area (Å²) in [7, 11) is 0. The molecule has 3 aromatic carbocycles. The number of nitriles is 1. The first-order chi connectivity index (χ1) is 19.6. The van der Waals surface area contributed by atoms with Crippen LogP contribution in [0.25, 0.3) is 6.08 Å². The highest BCUT2D eigenvalue weighted by molar-refractivity contribution is 8.18. The number of aliphatic imine (C=N–C) groups is 1. The molecule has 0 radical (unpaired) electrons. The van der Waals surface area contributed by atoms with Crippen LogP contribution in [0.5, 0.6) is 11.5 Å². The van der Waals surface area contributed by atoms with Gasteiger partial charge in [0.1, 0.15) is 6.61 Å². The molecule has 1 aliphatic carbocycles. The minimum atomic E-state index is 0.00447. The quantitative estimate of drug-likeness (QED) is 0.268. The van der Waals surface area contributed by atoms with Crippen LogP contribution in [0.15, 0.2) is 82.7 Å². The molecule has 1 aliphatic heterocycles. The van der Waals surface area contributed by atoms with Crippen molar-refractivity contribution < 1.29 is 14.3 Å². The summed E-state index contributed by atoms with van der Waals surface area (Å²) in [6.45, 7) is 4.89. The topological polar surface area (TPSA) is 74.9 Å². The van der Waals surface area contributed by atoms with Crippen molar-refractivity contribution in [1.29, 1.82) is 5.26 Å². The molecule has 7 heteroatoms. The van der Waals surface area contributed by atoms with Crippen LogP contribution >= 0.6 is 11.8 Å². The first-order valence-corrected chi connectivity index (χ1v) is 14.6. The number of para-hydroxylation sites is 1. The van der Waals surface area contributed by atoms with Gasteiger partial charge in [-0.2, -0.15) is 5.26 Å².